The molecular weight excluding hydrogens is 603 g/mol. The van der Waals surface area contributed by atoms with Gasteiger partial charge < -0.3 is 4.57 Å². The molecule has 0 aliphatic heterocycles. The normalized spacial score (nSPS) is 11.9. The van der Waals surface area contributed by atoms with E-state index in [2.05, 4.69) is 174 Å². The average molecular weight is 632 g/mol. The van der Waals surface area contributed by atoms with E-state index < -0.39 is 0 Å². The zero-order valence-electron chi connectivity index (χ0n) is 26.3. The first-order valence-corrected chi connectivity index (χ1v) is 17.1. The predicted octanol–water partition coefficient (Wildman–Crippen LogP) is 12.1. The third-order valence-corrected chi connectivity index (χ3v) is 10.9. The average Bonchev–Trinajstić information content (AvgIpc) is 3.81. The van der Waals surface area contributed by atoms with Gasteiger partial charge in [0.1, 0.15) is 5.82 Å². The summed E-state index contributed by atoms with van der Waals surface area (Å²) in [4.78, 5) is 5.19. The molecule has 3 nitrogen and oxygen atoms in total. The van der Waals surface area contributed by atoms with Crippen molar-refractivity contribution in [3.05, 3.63) is 163 Å². The molecule has 0 N–H and O–H groups in total. The molecule has 226 valence electrons. The van der Waals surface area contributed by atoms with Gasteiger partial charge in [-0.05, 0) is 78.2 Å². The predicted molar refractivity (Wildman–Crippen MR) is 204 cm³/mol. The zero-order chi connectivity index (χ0) is 31.8. The van der Waals surface area contributed by atoms with Gasteiger partial charge >= 0.3 is 0 Å². The van der Waals surface area contributed by atoms with Gasteiger partial charge in [-0.1, -0.05) is 103 Å². The molecule has 0 fully saturated rings. The van der Waals surface area contributed by atoms with Crippen LogP contribution < -0.4 is 0 Å². The Balaban J connectivity index is 1.17. The highest BCUT2D eigenvalue weighted by Crippen LogP contribution is 2.42. The van der Waals surface area contributed by atoms with Crippen molar-refractivity contribution in [1.82, 2.24) is 14.1 Å². The van der Waals surface area contributed by atoms with E-state index in [0.717, 1.165) is 33.8 Å². The lowest BCUT2D eigenvalue weighted by Gasteiger charge is -2.14. The van der Waals surface area contributed by atoms with E-state index in [9.17, 15) is 0 Å². The van der Waals surface area contributed by atoms with Gasteiger partial charge in [0.2, 0.25) is 0 Å². The Morgan fingerprint density at radius 2 is 1.23 bits per heavy atom. The molecule has 0 aliphatic carbocycles. The van der Waals surface area contributed by atoms with E-state index >= 15 is 0 Å². The van der Waals surface area contributed by atoms with Crippen LogP contribution in [0.4, 0.5) is 0 Å². The number of hydrogen-bond donors (Lipinski definition) is 0. The molecule has 0 atom stereocenters. The summed E-state index contributed by atoms with van der Waals surface area (Å²) in [7, 11) is 0. The first-order valence-electron chi connectivity index (χ1n) is 16.3. The highest BCUT2D eigenvalue weighted by Gasteiger charge is 2.19. The Labute approximate surface area is 281 Å². The molecule has 7 aromatic carbocycles. The van der Waals surface area contributed by atoms with Gasteiger partial charge in [0.05, 0.1) is 27.8 Å². The summed E-state index contributed by atoms with van der Waals surface area (Å²) in [5.74, 6) is 0.937. The van der Waals surface area contributed by atoms with Crippen molar-refractivity contribution >= 4 is 64.3 Å². The molecule has 0 saturated carbocycles. The van der Waals surface area contributed by atoms with Crippen molar-refractivity contribution in [3.63, 3.8) is 0 Å². The number of para-hydroxylation sites is 4. The van der Waals surface area contributed by atoms with Crippen LogP contribution in [0.5, 0.6) is 0 Å². The SMILES string of the molecule is Cc1ccccc1-n1c(-c2cccc(-n3c4ccccc4c4cc(-c5cccc6c5sc5ccccc56)ccc43)c2)nc2ccccc21. The van der Waals surface area contributed by atoms with Crippen molar-refractivity contribution < 1.29 is 0 Å². The summed E-state index contributed by atoms with van der Waals surface area (Å²) < 4.78 is 7.37. The van der Waals surface area contributed by atoms with Gasteiger partial charge in [-0.3, -0.25) is 4.57 Å². The van der Waals surface area contributed by atoms with Gasteiger partial charge in [-0.25, -0.2) is 4.98 Å². The molecule has 0 spiro atoms. The number of benzene rings is 7. The molecule has 10 rings (SSSR count). The molecular formula is C44H29N3S. The number of aryl methyl sites for hydroxylation is 1. The molecule has 0 aliphatic rings. The first-order chi connectivity index (χ1) is 23.7. The fourth-order valence-corrected chi connectivity index (χ4v) is 8.69. The molecule has 0 amide bonds. The second-order valence-corrected chi connectivity index (χ2v) is 13.5. The van der Waals surface area contributed by atoms with Crippen LogP contribution in [0.2, 0.25) is 0 Å². The molecule has 3 aromatic heterocycles. The van der Waals surface area contributed by atoms with Crippen LogP contribution in [0.3, 0.4) is 0 Å². The van der Waals surface area contributed by atoms with Crippen molar-refractivity contribution in [1.29, 1.82) is 0 Å². The van der Waals surface area contributed by atoms with Crippen LogP contribution in [0, 0.1) is 6.92 Å². The summed E-state index contributed by atoms with van der Waals surface area (Å²) in [6.45, 7) is 2.16. The van der Waals surface area contributed by atoms with Gasteiger partial charge in [0, 0.05) is 42.2 Å². The van der Waals surface area contributed by atoms with Crippen molar-refractivity contribution in [3.8, 4) is 33.9 Å². The first kappa shape index (κ1) is 27.2. The Kier molecular flexibility index (Phi) is 5.96. The summed E-state index contributed by atoms with van der Waals surface area (Å²) in [5, 5.41) is 5.14. The highest BCUT2D eigenvalue weighted by molar-refractivity contribution is 7.26. The van der Waals surface area contributed by atoms with Gasteiger partial charge in [-0.2, -0.15) is 0 Å². The van der Waals surface area contributed by atoms with E-state index in [-0.39, 0.29) is 0 Å². The molecule has 0 radical (unpaired) electrons. The third-order valence-electron chi connectivity index (χ3n) is 9.67. The Morgan fingerprint density at radius 1 is 0.500 bits per heavy atom. The van der Waals surface area contributed by atoms with Crippen LogP contribution in [-0.4, -0.2) is 14.1 Å². The van der Waals surface area contributed by atoms with Crippen LogP contribution in [0.1, 0.15) is 5.56 Å². The Morgan fingerprint density at radius 3 is 2.15 bits per heavy atom. The van der Waals surface area contributed by atoms with E-state index in [1.807, 2.05) is 11.3 Å². The number of fused-ring (bicyclic) bond motifs is 7. The van der Waals surface area contributed by atoms with Crippen LogP contribution in [-0.2, 0) is 0 Å². The molecule has 4 heteroatoms. The lowest BCUT2D eigenvalue weighted by atomic mass is 10.0. The summed E-state index contributed by atoms with van der Waals surface area (Å²) in [5.41, 5.74) is 11.5. The van der Waals surface area contributed by atoms with Crippen LogP contribution in [0.25, 0.3) is 86.9 Å². The summed E-state index contributed by atoms with van der Waals surface area (Å²) in [6.07, 6.45) is 0. The molecule has 10 aromatic rings. The molecule has 0 unspecified atom stereocenters. The zero-order valence-corrected chi connectivity index (χ0v) is 27.1. The molecule has 3 heterocycles. The number of imidazole rings is 1. The standard InChI is InChI=1S/C44H29N3S/c1-28-12-2-6-20-38(28)47-41-22-8-5-19-37(41)45-44(47)30-13-10-14-31(26-30)46-39-21-7-3-15-33(39)36-27-29(24-25-40(36)46)32-17-11-18-35-34-16-4-9-23-42(34)48-43(32)35/h2-27H,1H3. The molecule has 48 heavy (non-hydrogen) atoms. The maximum atomic E-state index is 5.19. The maximum Gasteiger partial charge on any atom is 0.145 e. The minimum atomic E-state index is 0.937. The lowest BCUT2D eigenvalue weighted by molar-refractivity contribution is 1.08. The largest absolute Gasteiger partial charge is 0.309 e. The topological polar surface area (TPSA) is 22.8 Å². The fraction of sp³-hybridized carbons (Fsp3) is 0.0227. The maximum absolute atomic E-state index is 5.19. The monoisotopic (exact) mass is 631 g/mol. The number of hydrogen-bond acceptors (Lipinski definition) is 2. The fourth-order valence-electron chi connectivity index (χ4n) is 7.46. The summed E-state index contributed by atoms with van der Waals surface area (Å²) >= 11 is 1.88. The van der Waals surface area contributed by atoms with E-state index in [4.69, 9.17) is 4.98 Å². The molecule has 0 bridgehead atoms. The van der Waals surface area contributed by atoms with E-state index in [0.29, 0.717) is 0 Å². The second kappa shape index (κ2) is 10.5. The van der Waals surface area contributed by atoms with Gasteiger partial charge in [-0.15, -0.1) is 11.3 Å². The highest BCUT2D eigenvalue weighted by atomic mass is 32.1. The minimum absolute atomic E-state index is 0.937. The van der Waals surface area contributed by atoms with Gasteiger partial charge in [0.15, 0.2) is 0 Å². The van der Waals surface area contributed by atoms with E-state index in [1.165, 1.54) is 58.7 Å². The van der Waals surface area contributed by atoms with Crippen molar-refractivity contribution in [2.24, 2.45) is 0 Å². The smallest absolute Gasteiger partial charge is 0.145 e. The Bertz CT molecular complexity index is 2870. The second-order valence-electron chi connectivity index (χ2n) is 12.5. The number of aromatic nitrogens is 3. The minimum Gasteiger partial charge on any atom is -0.309 e. The number of rotatable bonds is 4. The van der Waals surface area contributed by atoms with Crippen molar-refractivity contribution in [2.75, 3.05) is 0 Å². The van der Waals surface area contributed by atoms with Crippen molar-refractivity contribution in [2.45, 2.75) is 6.92 Å². The summed E-state index contributed by atoms with van der Waals surface area (Å²) in [6, 6.07) is 57.0. The quantitative estimate of drug-likeness (QED) is 0.189. The lowest BCUT2D eigenvalue weighted by Crippen LogP contribution is -2.01. The third kappa shape index (κ3) is 4.03. The van der Waals surface area contributed by atoms with Crippen LogP contribution in [0.15, 0.2) is 158 Å². The number of thiophene rings is 1. The van der Waals surface area contributed by atoms with Crippen LogP contribution >= 0.6 is 11.3 Å². The molecule has 0 saturated heterocycles. The van der Waals surface area contributed by atoms with E-state index in [1.54, 1.807) is 0 Å². The van der Waals surface area contributed by atoms with Gasteiger partial charge in [0.25, 0.3) is 0 Å². The number of nitrogens with zero attached hydrogens (tertiary/aromatic N) is 3. The Hall–Kier alpha value is -5.97.